The summed E-state index contributed by atoms with van der Waals surface area (Å²) in [5.41, 5.74) is 2.33. The number of benzene rings is 2. The molecule has 0 aliphatic rings. The van der Waals surface area contributed by atoms with Gasteiger partial charge < -0.3 is 9.64 Å². The molecule has 0 aliphatic carbocycles. The van der Waals surface area contributed by atoms with Crippen LogP contribution in [0.25, 0.3) is 0 Å². The molecule has 0 fully saturated rings. The fourth-order valence-corrected chi connectivity index (χ4v) is 3.37. The summed E-state index contributed by atoms with van der Waals surface area (Å²) >= 11 is 0. The van der Waals surface area contributed by atoms with Crippen LogP contribution >= 0.6 is 0 Å². The largest absolute Gasteiger partial charge is 0.491 e. The zero-order chi connectivity index (χ0) is 19.6. The van der Waals surface area contributed by atoms with Crippen LogP contribution in [0.5, 0.6) is 5.75 Å². The molecule has 0 unspecified atom stereocenters. The first-order valence-corrected chi connectivity index (χ1v) is 10.1. The van der Waals surface area contributed by atoms with Crippen molar-refractivity contribution in [3.63, 3.8) is 0 Å². The quantitative estimate of drug-likeness (QED) is 0.543. The van der Waals surface area contributed by atoms with E-state index in [-0.39, 0.29) is 17.9 Å². The van der Waals surface area contributed by atoms with Crippen molar-refractivity contribution in [2.45, 2.75) is 59.0 Å². The Balaban J connectivity index is 2.25. The molecule has 0 spiro atoms. The summed E-state index contributed by atoms with van der Waals surface area (Å²) in [7, 11) is 0. The second kappa shape index (κ2) is 10.8. The van der Waals surface area contributed by atoms with Gasteiger partial charge in [0.1, 0.15) is 5.75 Å². The van der Waals surface area contributed by atoms with E-state index in [0.29, 0.717) is 6.42 Å². The van der Waals surface area contributed by atoms with Gasteiger partial charge in [-0.3, -0.25) is 4.79 Å². The van der Waals surface area contributed by atoms with E-state index >= 15 is 0 Å². The second-order valence-electron chi connectivity index (χ2n) is 7.28. The number of carbonyl (C=O) groups is 1. The lowest BCUT2D eigenvalue weighted by Gasteiger charge is -2.25. The molecule has 0 aliphatic heterocycles. The van der Waals surface area contributed by atoms with Gasteiger partial charge >= 0.3 is 0 Å². The topological polar surface area (TPSA) is 29.5 Å². The summed E-state index contributed by atoms with van der Waals surface area (Å²) in [6, 6.07) is 18.5. The zero-order valence-corrected chi connectivity index (χ0v) is 17.2. The molecule has 1 amide bonds. The highest BCUT2D eigenvalue weighted by molar-refractivity contribution is 5.77. The predicted molar refractivity (Wildman–Crippen MR) is 112 cm³/mol. The molecule has 0 aromatic heterocycles. The molecule has 0 heterocycles. The average Bonchev–Trinajstić information content (AvgIpc) is 2.67. The first kappa shape index (κ1) is 21.0. The SMILES string of the molecule is CCCN(CCC)C(=O)C[C@@H](c1ccccc1)c1ccc(OC(C)C)cc1. The molecule has 0 N–H and O–H groups in total. The molecule has 1 atom stereocenters. The number of rotatable bonds is 10. The third-order valence-electron chi connectivity index (χ3n) is 4.57. The molecule has 0 radical (unpaired) electrons. The van der Waals surface area contributed by atoms with Gasteiger partial charge in [-0.2, -0.15) is 0 Å². The molecule has 146 valence electrons. The average molecular weight is 368 g/mol. The molecule has 2 rings (SSSR count). The maximum atomic E-state index is 13.0. The normalized spacial score (nSPS) is 12.0. The van der Waals surface area contributed by atoms with Crippen LogP contribution in [0.4, 0.5) is 0 Å². The van der Waals surface area contributed by atoms with Crippen molar-refractivity contribution in [2.24, 2.45) is 0 Å². The maximum absolute atomic E-state index is 13.0. The van der Waals surface area contributed by atoms with E-state index in [1.165, 1.54) is 5.56 Å². The highest BCUT2D eigenvalue weighted by Gasteiger charge is 2.21. The molecule has 0 saturated heterocycles. The summed E-state index contributed by atoms with van der Waals surface area (Å²) in [5, 5.41) is 0. The predicted octanol–water partition coefficient (Wildman–Crippen LogP) is 5.64. The molecule has 0 saturated carbocycles. The molecule has 0 bridgehead atoms. The van der Waals surface area contributed by atoms with E-state index in [9.17, 15) is 4.79 Å². The number of carbonyl (C=O) groups excluding carboxylic acids is 1. The van der Waals surface area contributed by atoms with Crippen LogP contribution in [0.3, 0.4) is 0 Å². The zero-order valence-electron chi connectivity index (χ0n) is 17.2. The first-order valence-electron chi connectivity index (χ1n) is 10.1. The van der Waals surface area contributed by atoms with Gasteiger partial charge in [-0.05, 0) is 49.9 Å². The van der Waals surface area contributed by atoms with Crippen LogP contribution in [-0.2, 0) is 4.79 Å². The van der Waals surface area contributed by atoms with E-state index in [1.807, 2.05) is 49.1 Å². The minimum Gasteiger partial charge on any atom is -0.491 e. The van der Waals surface area contributed by atoms with Gasteiger partial charge in [-0.1, -0.05) is 56.3 Å². The van der Waals surface area contributed by atoms with Crippen molar-refractivity contribution in [3.8, 4) is 5.75 Å². The Labute approximate surface area is 164 Å². The minimum atomic E-state index is 0.0583. The van der Waals surface area contributed by atoms with Gasteiger partial charge in [-0.25, -0.2) is 0 Å². The van der Waals surface area contributed by atoms with Gasteiger partial charge in [0.15, 0.2) is 0 Å². The monoisotopic (exact) mass is 367 g/mol. The fraction of sp³-hybridized carbons (Fsp3) is 0.458. The molecule has 2 aromatic carbocycles. The summed E-state index contributed by atoms with van der Waals surface area (Å²) < 4.78 is 5.76. The van der Waals surface area contributed by atoms with E-state index in [1.54, 1.807) is 0 Å². The Morgan fingerprint density at radius 2 is 1.44 bits per heavy atom. The van der Waals surface area contributed by atoms with Crippen LogP contribution in [-0.4, -0.2) is 30.0 Å². The second-order valence-corrected chi connectivity index (χ2v) is 7.28. The van der Waals surface area contributed by atoms with Crippen LogP contribution in [0.2, 0.25) is 0 Å². The van der Waals surface area contributed by atoms with Gasteiger partial charge in [0, 0.05) is 25.4 Å². The molecule has 2 aromatic rings. The molecule has 27 heavy (non-hydrogen) atoms. The van der Waals surface area contributed by atoms with Gasteiger partial charge in [0.05, 0.1) is 6.10 Å². The van der Waals surface area contributed by atoms with Gasteiger partial charge in [0.25, 0.3) is 0 Å². The Morgan fingerprint density at radius 3 is 1.96 bits per heavy atom. The van der Waals surface area contributed by atoms with Crippen molar-refractivity contribution >= 4 is 5.91 Å². The minimum absolute atomic E-state index is 0.0583. The Morgan fingerprint density at radius 1 is 0.889 bits per heavy atom. The van der Waals surface area contributed by atoms with Crippen LogP contribution in [0.15, 0.2) is 54.6 Å². The van der Waals surface area contributed by atoms with E-state index in [2.05, 4.69) is 38.1 Å². The number of amides is 1. The van der Waals surface area contributed by atoms with Crippen molar-refractivity contribution in [1.29, 1.82) is 0 Å². The standard InChI is InChI=1S/C24H33NO2/c1-5-16-25(17-6-2)24(26)18-23(20-10-8-7-9-11-20)21-12-14-22(15-13-21)27-19(3)4/h7-15,19,23H,5-6,16-18H2,1-4H3/t23-/m0/s1. The number of hydrogen-bond acceptors (Lipinski definition) is 2. The van der Waals surface area contributed by atoms with E-state index in [0.717, 1.165) is 37.2 Å². The first-order chi connectivity index (χ1) is 13.0. The molecule has 3 nitrogen and oxygen atoms in total. The highest BCUT2D eigenvalue weighted by Crippen LogP contribution is 2.30. The smallest absolute Gasteiger partial charge is 0.223 e. The number of hydrogen-bond donors (Lipinski definition) is 0. The number of ether oxygens (including phenoxy) is 1. The summed E-state index contributed by atoms with van der Waals surface area (Å²) in [6.45, 7) is 9.95. The van der Waals surface area contributed by atoms with Crippen molar-refractivity contribution < 1.29 is 9.53 Å². The van der Waals surface area contributed by atoms with Crippen molar-refractivity contribution in [3.05, 3.63) is 65.7 Å². The van der Waals surface area contributed by atoms with Crippen LogP contribution in [0.1, 0.15) is 64.0 Å². The lowest BCUT2D eigenvalue weighted by atomic mass is 9.88. The Hall–Kier alpha value is -2.29. The Kier molecular flexibility index (Phi) is 8.38. The summed E-state index contributed by atoms with van der Waals surface area (Å²) in [6.07, 6.45) is 2.62. The summed E-state index contributed by atoms with van der Waals surface area (Å²) in [4.78, 5) is 15.0. The van der Waals surface area contributed by atoms with Crippen molar-refractivity contribution in [1.82, 2.24) is 4.90 Å². The number of nitrogens with zero attached hydrogens (tertiary/aromatic N) is 1. The van der Waals surface area contributed by atoms with Crippen molar-refractivity contribution in [2.75, 3.05) is 13.1 Å². The lowest BCUT2D eigenvalue weighted by Crippen LogP contribution is -2.33. The Bertz CT molecular complexity index is 673. The maximum Gasteiger partial charge on any atom is 0.223 e. The van der Waals surface area contributed by atoms with E-state index in [4.69, 9.17) is 4.74 Å². The summed E-state index contributed by atoms with van der Waals surface area (Å²) in [5.74, 6) is 1.16. The molecular weight excluding hydrogens is 334 g/mol. The third-order valence-corrected chi connectivity index (χ3v) is 4.57. The van der Waals surface area contributed by atoms with Crippen LogP contribution in [0, 0.1) is 0 Å². The third kappa shape index (κ3) is 6.42. The fourth-order valence-electron chi connectivity index (χ4n) is 3.37. The molecule has 3 heteroatoms. The van der Waals surface area contributed by atoms with Crippen LogP contribution < -0.4 is 4.74 Å². The van der Waals surface area contributed by atoms with Gasteiger partial charge in [0.2, 0.25) is 5.91 Å². The lowest BCUT2D eigenvalue weighted by molar-refractivity contribution is -0.131. The van der Waals surface area contributed by atoms with E-state index < -0.39 is 0 Å². The highest BCUT2D eigenvalue weighted by atomic mass is 16.5. The van der Waals surface area contributed by atoms with Gasteiger partial charge in [-0.15, -0.1) is 0 Å². The molecular formula is C24H33NO2.